The average molecular weight is 341 g/mol. The lowest BCUT2D eigenvalue weighted by atomic mass is 9.98. The standard InChI is InChI=1S/C17H25ClN2O3/c1-12(21)15-5-3-4-8-20(15)11-17(22)19-10-13-9-14(18)6-7-16(13)23-2/h6-7,9,12,15,21H,3-5,8,10-11H2,1-2H3,(H,19,22). The number of aliphatic hydroxyl groups is 1. The van der Waals surface area contributed by atoms with Crippen LogP contribution in [-0.4, -0.2) is 48.3 Å². The predicted octanol–water partition coefficient (Wildman–Crippen LogP) is 2.20. The summed E-state index contributed by atoms with van der Waals surface area (Å²) in [6.45, 7) is 3.31. The number of hydrogen-bond acceptors (Lipinski definition) is 4. The number of methoxy groups -OCH3 is 1. The van der Waals surface area contributed by atoms with Crippen molar-refractivity contribution in [3.8, 4) is 5.75 Å². The molecule has 0 bridgehead atoms. The van der Waals surface area contributed by atoms with E-state index in [-0.39, 0.29) is 11.9 Å². The van der Waals surface area contributed by atoms with Gasteiger partial charge in [0.25, 0.3) is 0 Å². The highest BCUT2D eigenvalue weighted by Crippen LogP contribution is 2.22. The second-order valence-corrected chi connectivity index (χ2v) is 6.44. The molecule has 1 amide bonds. The second-order valence-electron chi connectivity index (χ2n) is 6.01. The summed E-state index contributed by atoms with van der Waals surface area (Å²) in [5.74, 6) is 0.647. The molecule has 0 aromatic heterocycles. The number of aliphatic hydroxyl groups excluding tert-OH is 1. The van der Waals surface area contributed by atoms with E-state index in [1.807, 2.05) is 0 Å². The molecule has 2 atom stereocenters. The summed E-state index contributed by atoms with van der Waals surface area (Å²) in [5, 5.41) is 13.4. The highest BCUT2D eigenvalue weighted by molar-refractivity contribution is 6.30. The first-order valence-corrected chi connectivity index (χ1v) is 8.40. The van der Waals surface area contributed by atoms with Crippen molar-refractivity contribution in [3.05, 3.63) is 28.8 Å². The maximum atomic E-state index is 12.2. The van der Waals surface area contributed by atoms with E-state index in [1.54, 1.807) is 32.2 Å². The molecule has 1 aromatic rings. The Balaban J connectivity index is 1.91. The van der Waals surface area contributed by atoms with Gasteiger partial charge in [-0.25, -0.2) is 0 Å². The van der Waals surface area contributed by atoms with Crippen LogP contribution in [0.15, 0.2) is 18.2 Å². The smallest absolute Gasteiger partial charge is 0.234 e. The fourth-order valence-corrected chi connectivity index (χ4v) is 3.27. The summed E-state index contributed by atoms with van der Waals surface area (Å²) in [6, 6.07) is 5.40. The first-order valence-electron chi connectivity index (χ1n) is 8.02. The molecule has 2 rings (SSSR count). The van der Waals surface area contributed by atoms with Crippen LogP contribution in [0.3, 0.4) is 0 Å². The third-order valence-electron chi connectivity index (χ3n) is 4.29. The van der Waals surface area contributed by atoms with Gasteiger partial charge in [0.2, 0.25) is 5.91 Å². The lowest BCUT2D eigenvalue weighted by Crippen LogP contribution is -2.49. The van der Waals surface area contributed by atoms with E-state index in [4.69, 9.17) is 16.3 Å². The number of rotatable bonds is 6. The second kappa shape index (κ2) is 8.52. The van der Waals surface area contributed by atoms with Crippen molar-refractivity contribution in [2.24, 2.45) is 0 Å². The van der Waals surface area contributed by atoms with Gasteiger partial charge >= 0.3 is 0 Å². The summed E-state index contributed by atoms with van der Waals surface area (Å²) in [4.78, 5) is 14.3. The summed E-state index contributed by atoms with van der Waals surface area (Å²) in [6.07, 6.45) is 2.69. The number of nitrogens with one attached hydrogen (secondary N) is 1. The van der Waals surface area contributed by atoms with E-state index in [0.717, 1.165) is 31.4 Å². The molecule has 1 aromatic carbocycles. The summed E-state index contributed by atoms with van der Waals surface area (Å²) >= 11 is 5.99. The van der Waals surface area contributed by atoms with E-state index in [1.165, 1.54) is 0 Å². The Labute approximate surface area is 142 Å². The van der Waals surface area contributed by atoms with Gasteiger partial charge in [0, 0.05) is 23.2 Å². The molecule has 1 heterocycles. The van der Waals surface area contributed by atoms with Gasteiger partial charge in [0.1, 0.15) is 5.75 Å². The lowest BCUT2D eigenvalue weighted by Gasteiger charge is -2.36. The molecule has 5 nitrogen and oxygen atoms in total. The van der Waals surface area contributed by atoms with E-state index >= 15 is 0 Å². The number of nitrogens with zero attached hydrogens (tertiary/aromatic N) is 1. The van der Waals surface area contributed by atoms with Crippen molar-refractivity contribution < 1.29 is 14.6 Å². The van der Waals surface area contributed by atoms with Crippen LogP contribution in [0.5, 0.6) is 5.75 Å². The van der Waals surface area contributed by atoms with Crippen LogP contribution in [0.4, 0.5) is 0 Å². The van der Waals surface area contributed by atoms with E-state index in [0.29, 0.717) is 23.9 Å². The largest absolute Gasteiger partial charge is 0.496 e. The molecule has 1 aliphatic rings. The number of halogens is 1. The molecule has 0 radical (unpaired) electrons. The number of benzene rings is 1. The zero-order valence-corrected chi connectivity index (χ0v) is 14.5. The van der Waals surface area contributed by atoms with E-state index < -0.39 is 6.10 Å². The number of likely N-dealkylation sites (tertiary alicyclic amines) is 1. The molecule has 0 spiro atoms. The van der Waals surface area contributed by atoms with Gasteiger partial charge in [0.15, 0.2) is 0 Å². The van der Waals surface area contributed by atoms with E-state index in [9.17, 15) is 9.90 Å². The number of ether oxygens (including phenoxy) is 1. The average Bonchev–Trinajstić information content (AvgIpc) is 2.53. The fourth-order valence-electron chi connectivity index (χ4n) is 3.08. The Kier molecular flexibility index (Phi) is 6.69. The molecule has 128 valence electrons. The van der Waals surface area contributed by atoms with Crippen molar-refractivity contribution in [2.45, 2.75) is 44.9 Å². The first kappa shape index (κ1) is 18.0. The SMILES string of the molecule is COc1ccc(Cl)cc1CNC(=O)CN1CCCCC1C(C)O. The zero-order chi connectivity index (χ0) is 16.8. The maximum Gasteiger partial charge on any atom is 0.234 e. The Hall–Kier alpha value is -1.30. The summed E-state index contributed by atoms with van der Waals surface area (Å²) in [7, 11) is 1.59. The minimum Gasteiger partial charge on any atom is -0.496 e. The Morgan fingerprint density at radius 3 is 3.00 bits per heavy atom. The van der Waals surface area contributed by atoms with Gasteiger partial charge in [-0.05, 0) is 44.5 Å². The lowest BCUT2D eigenvalue weighted by molar-refractivity contribution is -0.124. The zero-order valence-electron chi connectivity index (χ0n) is 13.7. The minimum absolute atomic E-state index is 0.0559. The summed E-state index contributed by atoms with van der Waals surface area (Å²) < 4.78 is 5.28. The van der Waals surface area contributed by atoms with Crippen molar-refractivity contribution >= 4 is 17.5 Å². The van der Waals surface area contributed by atoms with Crippen molar-refractivity contribution in [1.82, 2.24) is 10.2 Å². The Morgan fingerprint density at radius 1 is 1.52 bits per heavy atom. The topological polar surface area (TPSA) is 61.8 Å². The fraction of sp³-hybridized carbons (Fsp3) is 0.588. The third-order valence-corrected chi connectivity index (χ3v) is 4.52. The van der Waals surface area contributed by atoms with Crippen LogP contribution in [0.2, 0.25) is 5.02 Å². The van der Waals surface area contributed by atoms with Gasteiger partial charge in [-0.3, -0.25) is 9.69 Å². The Morgan fingerprint density at radius 2 is 2.30 bits per heavy atom. The first-order chi connectivity index (χ1) is 11.0. The molecule has 0 saturated carbocycles. The van der Waals surface area contributed by atoms with Crippen LogP contribution >= 0.6 is 11.6 Å². The normalized spacial score (nSPS) is 20.1. The van der Waals surface area contributed by atoms with Crippen molar-refractivity contribution in [2.75, 3.05) is 20.2 Å². The van der Waals surface area contributed by atoms with E-state index in [2.05, 4.69) is 10.2 Å². The number of hydrogen-bond donors (Lipinski definition) is 2. The molecule has 23 heavy (non-hydrogen) atoms. The molecule has 2 N–H and O–H groups in total. The summed E-state index contributed by atoms with van der Waals surface area (Å²) in [5.41, 5.74) is 0.846. The number of amides is 1. The van der Waals surface area contributed by atoms with Crippen molar-refractivity contribution in [3.63, 3.8) is 0 Å². The van der Waals surface area contributed by atoms with Crippen molar-refractivity contribution in [1.29, 1.82) is 0 Å². The highest BCUT2D eigenvalue weighted by atomic mass is 35.5. The quantitative estimate of drug-likeness (QED) is 0.833. The van der Waals surface area contributed by atoms with Crippen LogP contribution in [-0.2, 0) is 11.3 Å². The Bertz CT molecular complexity index is 537. The molecule has 6 heteroatoms. The molecular weight excluding hydrogens is 316 g/mol. The highest BCUT2D eigenvalue weighted by Gasteiger charge is 2.27. The number of piperidine rings is 1. The molecule has 0 aliphatic carbocycles. The minimum atomic E-state index is -0.420. The van der Waals surface area contributed by atoms with Gasteiger partial charge in [-0.15, -0.1) is 0 Å². The van der Waals surface area contributed by atoms with Gasteiger partial charge < -0.3 is 15.2 Å². The van der Waals surface area contributed by atoms with Gasteiger partial charge in [-0.1, -0.05) is 18.0 Å². The van der Waals surface area contributed by atoms with Crippen LogP contribution in [0.25, 0.3) is 0 Å². The molecule has 2 unspecified atom stereocenters. The maximum absolute atomic E-state index is 12.2. The molecule has 1 saturated heterocycles. The molecule has 1 fully saturated rings. The molecular formula is C17H25ClN2O3. The number of carbonyl (C=O) groups excluding carboxylic acids is 1. The monoisotopic (exact) mass is 340 g/mol. The number of carbonyl (C=O) groups is 1. The third kappa shape index (κ3) is 5.09. The predicted molar refractivity (Wildman–Crippen MR) is 90.7 cm³/mol. The van der Waals surface area contributed by atoms with Crippen LogP contribution in [0.1, 0.15) is 31.7 Å². The van der Waals surface area contributed by atoms with Crippen LogP contribution in [0, 0.1) is 0 Å². The van der Waals surface area contributed by atoms with Crippen LogP contribution < -0.4 is 10.1 Å². The van der Waals surface area contributed by atoms with Gasteiger partial charge in [0.05, 0.1) is 19.8 Å². The molecule has 1 aliphatic heterocycles. The van der Waals surface area contributed by atoms with Gasteiger partial charge in [-0.2, -0.15) is 0 Å².